The van der Waals surface area contributed by atoms with E-state index in [1.807, 2.05) is 43.6 Å². The van der Waals surface area contributed by atoms with Crippen LogP contribution < -0.4 is 0 Å². The third-order valence-corrected chi connectivity index (χ3v) is 8.00. The molecule has 5 rings (SSSR count). The molecular formula is C27H24N2O3S. The Labute approximate surface area is 193 Å². The average Bonchev–Trinajstić information content (AvgIpc) is 3.61. The van der Waals surface area contributed by atoms with Gasteiger partial charge in [-0.15, -0.1) is 0 Å². The van der Waals surface area contributed by atoms with E-state index in [9.17, 15) is 13.2 Å². The Bertz CT molecular complexity index is 1430. The number of aromatic nitrogens is 2. The van der Waals surface area contributed by atoms with Crippen molar-refractivity contribution in [3.05, 3.63) is 102 Å². The van der Waals surface area contributed by atoms with Gasteiger partial charge in [-0.2, -0.15) is 0 Å². The van der Waals surface area contributed by atoms with Crippen molar-refractivity contribution in [1.29, 1.82) is 0 Å². The maximum absolute atomic E-state index is 12.9. The van der Waals surface area contributed by atoms with Gasteiger partial charge in [-0.1, -0.05) is 36.4 Å². The summed E-state index contributed by atoms with van der Waals surface area (Å²) in [4.78, 5) is 21.5. The smallest absolute Gasteiger partial charge is 0.184 e. The zero-order valence-electron chi connectivity index (χ0n) is 18.3. The number of fused-ring (bicyclic) bond motifs is 1. The largest absolute Gasteiger partial charge is 0.299 e. The Morgan fingerprint density at radius 1 is 1.03 bits per heavy atom. The molecule has 1 saturated carbocycles. The lowest BCUT2D eigenvalue weighted by Gasteiger charge is -2.07. The molecular weight excluding hydrogens is 432 g/mol. The van der Waals surface area contributed by atoms with Crippen LogP contribution in [0.1, 0.15) is 34.7 Å². The number of nitrogens with zero attached hydrogens (tertiary/aromatic N) is 2. The number of rotatable bonds is 7. The zero-order valence-corrected chi connectivity index (χ0v) is 19.1. The van der Waals surface area contributed by atoms with Crippen LogP contribution in [0, 0.1) is 12.8 Å². The van der Waals surface area contributed by atoms with Gasteiger partial charge in [0.25, 0.3) is 0 Å². The van der Waals surface area contributed by atoms with E-state index >= 15 is 0 Å². The molecule has 0 radical (unpaired) electrons. The highest BCUT2D eigenvalue weighted by Gasteiger charge is 2.43. The highest BCUT2D eigenvalue weighted by Crippen LogP contribution is 2.48. The molecule has 0 saturated heterocycles. The van der Waals surface area contributed by atoms with Crippen LogP contribution in [-0.4, -0.2) is 24.2 Å². The monoisotopic (exact) mass is 456 g/mol. The van der Waals surface area contributed by atoms with Crippen molar-refractivity contribution in [2.45, 2.75) is 36.3 Å². The second-order valence-electron chi connectivity index (χ2n) is 8.75. The number of aryl methyl sites for hydroxylation is 1. The van der Waals surface area contributed by atoms with Crippen LogP contribution >= 0.6 is 0 Å². The number of benzene rings is 2. The fraction of sp³-hybridized carbons (Fsp3) is 0.222. The maximum atomic E-state index is 12.9. The standard InChI is InChI=1S/C27H24N2O3S/c1-18-15-28-16-21-6-5-19(12-24(18)21)13-27(30)26-14-25(26)20-7-9-23(10-8-20)33(31,32)17-22-4-2-3-11-29-22/h2-12,15-16,25-26H,13-14,17H2,1H3. The number of sulfone groups is 1. The number of Topliss-reactive ketones (excluding diaryl/α,β-unsaturated/α-hetero) is 1. The Balaban J connectivity index is 1.25. The summed E-state index contributed by atoms with van der Waals surface area (Å²) in [6.07, 6.45) is 6.50. The molecule has 2 aromatic carbocycles. The lowest BCUT2D eigenvalue weighted by atomic mass is 9.99. The lowest BCUT2D eigenvalue weighted by Crippen LogP contribution is -2.07. The van der Waals surface area contributed by atoms with E-state index < -0.39 is 9.84 Å². The first kappa shape index (κ1) is 21.5. The first-order valence-corrected chi connectivity index (χ1v) is 12.6. The van der Waals surface area contributed by atoms with Gasteiger partial charge in [0.2, 0.25) is 0 Å². The van der Waals surface area contributed by atoms with Gasteiger partial charge in [-0.25, -0.2) is 8.42 Å². The van der Waals surface area contributed by atoms with Crippen LogP contribution in [0.4, 0.5) is 0 Å². The van der Waals surface area contributed by atoms with Crippen LogP contribution in [0.2, 0.25) is 0 Å². The SMILES string of the molecule is Cc1cncc2ccc(CC(=O)C3CC3c3ccc(S(=O)(=O)Cc4ccccn4)cc3)cc12. The fourth-order valence-electron chi connectivity index (χ4n) is 4.40. The van der Waals surface area contributed by atoms with Crippen LogP contribution in [0.15, 0.2) is 84.1 Å². The molecule has 5 nitrogen and oxygen atoms in total. The van der Waals surface area contributed by atoms with Gasteiger partial charge < -0.3 is 0 Å². The molecule has 2 unspecified atom stereocenters. The van der Waals surface area contributed by atoms with Crippen molar-refractivity contribution in [3.63, 3.8) is 0 Å². The molecule has 4 aromatic rings. The van der Waals surface area contributed by atoms with Crippen molar-refractivity contribution in [3.8, 4) is 0 Å². The minimum atomic E-state index is -3.46. The second kappa shape index (κ2) is 8.52. The Morgan fingerprint density at radius 3 is 2.61 bits per heavy atom. The van der Waals surface area contributed by atoms with E-state index in [-0.39, 0.29) is 28.3 Å². The van der Waals surface area contributed by atoms with Gasteiger partial charge in [0.05, 0.1) is 16.3 Å². The van der Waals surface area contributed by atoms with Gasteiger partial charge in [-0.3, -0.25) is 14.8 Å². The Hall–Kier alpha value is -3.38. The van der Waals surface area contributed by atoms with Crippen LogP contribution in [-0.2, 0) is 26.8 Å². The van der Waals surface area contributed by atoms with E-state index in [0.717, 1.165) is 33.9 Å². The molecule has 0 N–H and O–H groups in total. The molecule has 2 heterocycles. The van der Waals surface area contributed by atoms with Gasteiger partial charge in [0, 0.05) is 36.3 Å². The summed E-state index contributed by atoms with van der Waals surface area (Å²) in [5.41, 5.74) is 3.66. The predicted octanol–water partition coefficient (Wildman–Crippen LogP) is 4.83. The normalized spacial score (nSPS) is 17.7. The first-order valence-electron chi connectivity index (χ1n) is 11.0. The highest BCUT2D eigenvalue weighted by molar-refractivity contribution is 7.90. The van der Waals surface area contributed by atoms with Crippen molar-refractivity contribution >= 4 is 26.4 Å². The molecule has 33 heavy (non-hydrogen) atoms. The minimum Gasteiger partial charge on any atom is -0.299 e. The Kier molecular flexibility index (Phi) is 5.54. The van der Waals surface area contributed by atoms with E-state index in [0.29, 0.717) is 12.1 Å². The second-order valence-corrected chi connectivity index (χ2v) is 10.7. The van der Waals surface area contributed by atoms with Gasteiger partial charge in [0.15, 0.2) is 9.84 Å². The summed E-state index contributed by atoms with van der Waals surface area (Å²) < 4.78 is 25.4. The minimum absolute atomic E-state index is 0.00444. The third-order valence-electron chi connectivity index (χ3n) is 6.34. The van der Waals surface area contributed by atoms with E-state index in [4.69, 9.17) is 0 Å². The zero-order chi connectivity index (χ0) is 23.0. The van der Waals surface area contributed by atoms with Crippen molar-refractivity contribution in [2.24, 2.45) is 5.92 Å². The lowest BCUT2D eigenvalue weighted by molar-refractivity contribution is -0.119. The van der Waals surface area contributed by atoms with E-state index in [1.165, 1.54) is 0 Å². The average molecular weight is 457 g/mol. The molecule has 0 aliphatic heterocycles. The molecule has 6 heteroatoms. The molecule has 2 atom stereocenters. The summed E-state index contributed by atoms with van der Waals surface area (Å²) in [5, 5.41) is 2.21. The predicted molar refractivity (Wildman–Crippen MR) is 128 cm³/mol. The number of carbonyl (C=O) groups excluding carboxylic acids is 1. The number of ketones is 1. The summed E-state index contributed by atoms with van der Waals surface area (Å²) in [7, 11) is -3.46. The molecule has 1 aliphatic carbocycles. The van der Waals surface area contributed by atoms with Crippen LogP contribution in [0.3, 0.4) is 0 Å². The maximum Gasteiger partial charge on any atom is 0.184 e. The molecule has 0 bridgehead atoms. The van der Waals surface area contributed by atoms with Gasteiger partial charge >= 0.3 is 0 Å². The fourth-order valence-corrected chi connectivity index (χ4v) is 5.68. The summed E-state index contributed by atoms with van der Waals surface area (Å²) in [6, 6.07) is 18.3. The Morgan fingerprint density at radius 2 is 1.85 bits per heavy atom. The highest BCUT2D eigenvalue weighted by atomic mass is 32.2. The van der Waals surface area contributed by atoms with Crippen molar-refractivity contribution in [1.82, 2.24) is 9.97 Å². The van der Waals surface area contributed by atoms with Crippen LogP contribution in [0.5, 0.6) is 0 Å². The topological polar surface area (TPSA) is 77.0 Å². The number of pyridine rings is 2. The third kappa shape index (κ3) is 4.57. The quantitative estimate of drug-likeness (QED) is 0.398. The van der Waals surface area contributed by atoms with E-state index in [1.54, 1.807) is 36.5 Å². The molecule has 2 aromatic heterocycles. The molecule has 1 aliphatic rings. The summed E-state index contributed by atoms with van der Waals surface area (Å²) >= 11 is 0. The number of carbonyl (C=O) groups is 1. The number of hydrogen-bond donors (Lipinski definition) is 0. The van der Waals surface area contributed by atoms with Gasteiger partial charge in [0.1, 0.15) is 5.78 Å². The van der Waals surface area contributed by atoms with E-state index in [2.05, 4.69) is 16.0 Å². The molecule has 166 valence electrons. The molecule has 1 fully saturated rings. The molecule has 0 amide bonds. The van der Waals surface area contributed by atoms with Crippen LogP contribution in [0.25, 0.3) is 10.8 Å². The van der Waals surface area contributed by atoms with Crippen molar-refractivity contribution < 1.29 is 13.2 Å². The van der Waals surface area contributed by atoms with Crippen molar-refractivity contribution in [2.75, 3.05) is 0 Å². The summed E-state index contributed by atoms with van der Waals surface area (Å²) in [5.74, 6) is 0.267. The first-order chi connectivity index (χ1) is 15.9. The van der Waals surface area contributed by atoms with Gasteiger partial charge in [-0.05, 0) is 65.6 Å². The molecule has 0 spiro atoms. The summed E-state index contributed by atoms with van der Waals surface area (Å²) in [6.45, 7) is 2.03. The number of hydrogen-bond acceptors (Lipinski definition) is 5.